The first kappa shape index (κ1) is 15.3. The zero-order valence-corrected chi connectivity index (χ0v) is 10.8. The van der Waals surface area contributed by atoms with E-state index in [0.29, 0.717) is 12.1 Å². The molecule has 1 fully saturated rings. The summed E-state index contributed by atoms with van der Waals surface area (Å²) in [4.78, 5) is 23.4. The number of halogens is 2. The molecule has 1 heterocycles. The van der Waals surface area contributed by atoms with Gasteiger partial charge in [-0.05, 0) is 6.07 Å². The third-order valence-electron chi connectivity index (χ3n) is 3.10. The van der Waals surface area contributed by atoms with Gasteiger partial charge in [0.25, 0.3) is 11.6 Å². The number of nitrogens with zero attached hydrogens (tertiary/aromatic N) is 2. The minimum atomic E-state index is -1.39. The van der Waals surface area contributed by atoms with Crippen LogP contribution in [0.15, 0.2) is 12.1 Å². The monoisotopic (exact) mass is 302 g/mol. The van der Waals surface area contributed by atoms with Crippen molar-refractivity contribution in [1.82, 2.24) is 4.90 Å². The summed E-state index contributed by atoms with van der Waals surface area (Å²) in [5.74, 6) is -3.54. The molecule has 1 N–H and O–H groups in total. The van der Waals surface area contributed by atoms with Crippen molar-refractivity contribution < 1.29 is 28.3 Å². The molecule has 0 aliphatic carbocycles. The van der Waals surface area contributed by atoms with E-state index in [4.69, 9.17) is 9.84 Å². The lowest BCUT2D eigenvalue weighted by Gasteiger charge is -2.32. The van der Waals surface area contributed by atoms with Crippen LogP contribution in [0.1, 0.15) is 10.4 Å². The standard InChI is InChI=1S/C12H12F2N2O5/c13-9-3-8(11(16(19)20)4-10(9)14)12(18)15-1-2-21-7(5-15)6-17/h3-4,7,17H,1-2,5-6H2. The minimum absolute atomic E-state index is 0.0193. The number of hydrogen-bond donors (Lipinski definition) is 1. The number of aliphatic hydroxyl groups excluding tert-OH is 1. The number of amides is 1. The number of ether oxygens (including phenoxy) is 1. The Morgan fingerprint density at radius 1 is 1.48 bits per heavy atom. The molecule has 0 saturated carbocycles. The number of nitro groups is 1. The van der Waals surface area contributed by atoms with Crippen LogP contribution in [0.5, 0.6) is 0 Å². The van der Waals surface area contributed by atoms with Gasteiger partial charge in [-0.2, -0.15) is 0 Å². The van der Waals surface area contributed by atoms with Crippen LogP contribution in [-0.2, 0) is 4.74 Å². The summed E-state index contributed by atoms with van der Waals surface area (Å²) < 4.78 is 31.5. The van der Waals surface area contributed by atoms with Gasteiger partial charge in [0.05, 0.1) is 30.3 Å². The molecule has 1 amide bonds. The summed E-state index contributed by atoms with van der Waals surface area (Å²) in [6, 6.07) is 0.895. The van der Waals surface area contributed by atoms with Gasteiger partial charge < -0.3 is 14.7 Å². The van der Waals surface area contributed by atoms with Gasteiger partial charge in [0, 0.05) is 13.1 Å². The van der Waals surface area contributed by atoms with E-state index in [1.807, 2.05) is 0 Å². The smallest absolute Gasteiger partial charge is 0.285 e. The molecule has 1 aromatic carbocycles. The summed E-state index contributed by atoms with van der Waals surface area (Å²) in [6.45, 7) is -0.00490. The number of nitro benzene ring substituents is 1. The first-order chi connectivity index (χ1) is 9.93. The van der Waals surface area contributed by atoms with E-state index in [-0.39, 0.29) is 26.3 Å². The summed E-state index contributed by atoms with van der Waals surface area (Å²) in [5, 5.41) is 19.9. The van der Waals surface area contributed by atoms with E-state index in [9.17, 15) is 23.7 Å². The Labute approximate surface area is 117 Å². The van der Waals surface area contributed by atoms with E-state index in [1.54, 1.807) is 0 Å². The van der Waals surface area contributed by atoms with Crippen LogP contribution >= 0.6 is 0 Å². The molecule has 1 saturated heterocycles. The lowest BCUT2D eigenvalue weighted by atomic mass is 10.1. The van der Waals surface area contributed by atoms with Crippen molar-refractivity contribution in [3.05, 3.63) is 39.4 Å². The SMILES string of the molecule is O=C(c1cc(F)c(F)cc1[N+](=O)[O-])N1CCOC(CO)C1. The average Bonchev–Trinajstić information content (AvgIpc) is 2.48. The highest BCUT2D eigenvalue weighted by Crippen LogP contribution is 2.24. The molecule has 7 nitrogen and oxygen atoms in total. The van der Waals surface area contributed by atoms with Crippen molar-refractivity contribution in [2.45, 2.75) is 6.10 Å². The van der Waals surface area contributed by atoms with E-state index in [0.717, 1.165) is 0 Å². The fourth-order valence-electron chi connectivity index (χ4n) is 2.04. The van der Waals surface area contributed by atoms with Gasteiger partial charge in [-0.1, -0.05) is 0 Å². The number of hydrogen-bond acceptors (Lipinski definition) is 5. The van der Waals surface area contributed by atoms with Gasteiger partial charge in [-0.15, -0.1) is 0 Å². The quantitative estimate of drug-likeness (QED) is 0.655. The van der Waals surface area contributed by atoms with Crippen LogP contribution in [0.4, 0.5) is 14.5 Å². The minimum Gasteiger partial charge on any atom is -0.394 e. The summed E-state index contributed by atoms with van der Waals surface area (Å²) in [5.41, 5.74) is -1.33. The van der Waals surface area contributed by atoms with Crippen LogP contribution in [-0.4, -0.2) is 53.2 Å². The molecule has 1 unspecified atom stereocenters. The molecule has 0 spiro atoms. The zero-order chi connectivity index (χ0) is 15.6. The molecule has 21 heavy (non-hydrogen) atoms. The summed E-state index contributed by atoms with van der Waals surface area (Å²) >= 11 is 0. The van der Waals surface area contributed by atoms with E-state index < -0.39 is 39.8 Å². The number of rotatable bonds is 3. The maximum Gasteiger partial charge on any atom is 0.285 e. The van der Waals surface area contributed by atoms with Crippen LogP contribution < -0.4 is 0 Å². The number of morpholine rings is 1. The molecular weight excluding hydrogens is 290 g/mol. The lowest BCUT2D eigenvalue weighted by molar-refractivity contribution is -0.385. The highest BCUT2D eigenvalue weighted by atomic mass is 19.2. The van der Waals surface area contributed by atoms with Crippen molar-refractivity contribution in [2.75, 3.05) is 26.3 Å². The van der Waals surface area contributed by atoms with Gasteiger partial charge in [0.15, 0.2) is 11.6 Å². The second-order valence-corrected chi connectivity index (χ2v) is 4.47. The molecule has 0 radical (unpaired) electrons. The molecule has 9 heteroatoms. The third kappa shape index (κ3) is 3.14. The number of aliphatic hydroxyl groups is 1. The molecule has 1 aromatic rings. The predicted octanol–water partition coefficient (Wildman–Crippen LogP) is 0.706. The van der Waals surface area contributed by atoms with Crippen molar-refractivity contribution >= 4 is 11.6 Å². The van der Waals surface area contributed by atoms with E-state index >= 15 is 0 Å². The first-order valence-electron chi connectivity index (χ1n) is 6.09. The second kappa shape index (κ2) is 6.10. The Kier molecular flexibility index (Phi) is 4.43. The molecule has 1 aliphatic rings. The van der Waals surface area contributed by atoms with Crippen molar-refractivity contribution in [3.63, 3.8) is 0 Å². The Bertz CT molecular complexity index is 581. The molecule has 114 valence electrons. The molecule has 1 aliphatic heterocycles. The number of benzene rings is 1. The van der Waals surface area contributed by atoms with Gasteiger partial charge in [0.1, 0.15) is 5.56 Å². The molecule has 1 atom stereocenters. The third-order valence-corrected chi connectivity index (χ3v) is 3.10. The molecule has 0 bridgehead atoms. The summed E-state index contributed by atoms with van der Waals surface area (Å²) in [7, 11) is 0. The number of carbonyl (C=O) groups is 1. The fraction of sp³-hybridized carbons (Fsp3) is 0.417. The van der Waals surface area contributed by atoms with Crippen molar-refractivity contribution in [1.29, 1.82) is 0 Å². The van der Waals surface area contributed by atoms with Crippen molar-refractivity contribution in [2.24, 2.45) is 0 Å². The molecule has 2 rings (SSSR count). The van der Waals surface area contributed by atoms with Crippen LogP contribution in [0.25, 0.3) is 0 Å². The summed E-state index contributed by atoms with van der Waals surface area (Å²) in [6.07, 6.45) is -0.605. The topological polar surface area (TPSA) is 92.9 Å². The van der Waals surface area contributed by atoms with E-state index in [2.05, 4.69) is 0 Å². The Balaban J connectivity index is 2.34. The Morgan fingerprint density at radius 2 is 2.14 bits per heavy atom. The first-order valence-corrected chi connectivity index (χ1v) is 6.09. The molecule has 0 aromatic heterocycles. The van der Waals surface area contributed by atoms with Gasteiger partial charge in [-0.25, -0.2) is 8.78 Å². The highest BCUT2D eigenvalue weighted by molar-refractivity contribution is 5.98. The predicted molar refractivity (Wildman–Crippen MR) is 65.7 cm³/mol. The maximum absolute atomic E-state index is 13.3. The maximum atomic E-state index is 13.3. The normalized spacial score (nSPS) is 18.6. The highest BCUT2D eigenvalue weighted by Gasteiger charge is 2.30. The van der Waals surface area contributed by atoms with Crippen LogP contribution in [0.2, 0.25) is 0 Å². The van der Waals surface area contributed by atoms with Crippen LogP contribution in [0.3, 0.4) is 0 Å². The van der Waals surface area contributed by atoms with Gasteiger partial charge in [-0.3, -0.25) is 14.9 Å². The van der Waals surface area contributed by atoms with Crippen molar-refractivity contribution in [3.8, 4) is 0 Å². The molecular formula is C12H12F2N2O5. The van der Waals surface area contributed by atoms with Gasteiger partial charge >= 0.3 is 0 Å². The average molecular weight is 302 g/mol. The van der Waals surface area contributed by atoms with E-state index in [1.165, 1.54) is 4.90 Å². The largest absolute Gasteiger partial charge is 0.394 e. The zero-order valence-electron chi connectivity index (χ0n) is 10.8. The lowest BCUT2D eigenvalue weighted by Crippen LogP contribution is -2.47. The fourth-order valence-corrected chi connectivity index (χ4v) is 2.04. The second-order valence-electron chi connectivity index (χ2n) is 4.47. The Hall–Kier alpha value is -2.13. The Morgan fingerprint density at radius 3 is 2.76 bits per heavy atom. The van der Waals surface area contributed by atoms with Gasteiger partial charge in [0.2, 0.25) is 0 Å². The number of carbonyl (C=O) groups excluding carboxylic acids is 1. The van der Waals surface area contributed by atoms with Crippen LogP contribution in [0, 0.1) is 21.7 Å².